The molecular weight excluding hydrogens is 434 g/mol. The van der Waals surface area contributed by atoms with Crippen molar-refractivity contribution in [3.8, 4) is 5.75 Å². The lowest BCUT2D eigenvalue weighted by Gasteiger charge is -2.08. The fraction of sp³-hybridized carbons (Fsp3) is 0.0909. The van der Waals surface area contributed by atoms with Crippen molar-refractivity contribution in [2.24, 2.45) is 12.0 Å². The van der Waals surface area contributed by atoms with Crippen LogP contribution in [-0.4, -0.2) is 26.0 Å². The predicted octanol–water partition coefficient (Wildman–Crippen LogP) is 3.79. The highest BCUT2D eigenvalue weighted by molar-refractivity contribution is 7.92. The highest BCUT2D eigenvalue weighted by Gasteiger charge is 2.15. The summed E-state index contributed by atoms with van der Waals surface area (Å²) in [5.74, 6) is 0.264. The molecule has 1 aromatic heterocycles. The maximum Gasteiger partial charge on any atom is 0.279 e. The first kappa shape index (κ1) is 20.8. The van der Waals surface area contributed by atoms with Crippen LogP contribution < -0.4 is 14.3 Å². The summed E-state index contributed by atoms with van der Waals surface area (Å²) in [6, 6.07) is 20.0. The van der Waals surface area contributed by atoms with Gasteiger partial charge in [0.25, 0.3) is 15.9 Å². The van der Waals surface area contributed by atoms with Gasteiger partial charge in [-0.3, -0.25) is 9.52 Å². The van der Waals surface area contributed by atoms with Gasteiger partial charge in [0.2, 0.25) is 0 Å². The molecule has 158 valence electrons. The van der Waals surface area contributed by atoms with Crippen LogP contribution in [0, 0.1) is 0 Å². The van der Waals surface area contributed by atoms with Gasteiger partial charge in [-0.1, -0.05) is 35.6 Å². The average Bonchev–Trinajstić information content (AvgIpc) is 3.08. The van der Waals surface area contributed by atoms with Crippen LogP contribution in [0.2, 0.25) is 0 Å². The number of fused-ring (bicyclic) bond motifs is 1. The minimum Gasteiger partial charge on any atom is -0.497 e. The summed E-state index contributed by atoms with van der Waals surface area (Å²) < 4.78 is 35.6. The number of methoxy groups -OCH3 is 1. The molecule has 0 fully saturated rings. The molecule has 0 saturated heterocycles. The number of anilines is 1. The van der Waals surface area contributed by atoms with Gasteiger partial charge < -0.3 is 9.30 Å². The number of ether oxygens (including phenoxy) is 1. The Morgan fingerprint density at radius 2 is 1.81 bits per heavy atom. The van der Waals surface area contributed by atoms with Gasteiger partial charge in [-0.05, 0) is 48.5 Å². The van der Waals surface area contributed by atoms with Crippen molar-refractivity contribution in [3.05, 3.63) is 83.2 Å². The highest BCUT2D eigenvalue weighted by Crippen LogP contribution is 2.23. The normalized spacial score (nSPS) is 12.1. The molecule has 0 radical (unpaired) electrons. The lowest BCUT2D eigenvalue weighted by Crippen LogP contribution is -2.14. The maximum absolute atomic E-state index is 12.8. The molecule has 0 aliphatic heterocycles. The van der Waals surface area contributed by atoms with Gasteiger partial charge in [0.1, 0.15) is 5.75 Å². The molecule has 1 amide bonds. The molecule has 0 unspecified atom stereocenters. The number of carbonyl (C=O) groups is 1. The zero-order chi connectivity index (χ0) is 22.0. The molecule has 1 N–H and O–H groups in total. The Labute approximate surface area is 183 Å². The van der Waals surface area contributed by atoms with E-state index in [0.29, 0.717) is 4.80 Å². The Morgan fingerprint density at radius 1 is 1.03 bits per heavy atom. The van der Waals surface area contributed by atoms with Crippen molar-refractivity contribution in [2.75, 3.05) is 11.8 Å². The number of nitrogens with one attached hydrogen (secondary N) is 1. The van der Waals surface area contributed by atoms with Crippen LogP contribution in [0.15, 0.2) is 82.7 Å². The maximum atomic E-state index is 12.8. The molecule has 0 aliphatic rings. The lowest BCUT2D eigenvalue weighted by molar-refractivity contribution is 0.0998. The van der Waals surface area contributed by atoms with Crippen molar-refractivity contribution in [1.29, 1.82) is 0 Å². The summed E-state index contributed by atoms with van der Waals surface area (Å²) >= 11 is 1.37. The molecule has 9 heteroatoms. The molecule has 0 atom stereocenters. The molecule has 4 aromatic rings. The standard InChI is InChI=1S/C22H19N3O4S2/c1-25-19-12-11-17(29-2)14-20(19)30-22(25)23-21(26)15-7-6-8-16(13-15)24-31(27,28)18-9-4-3-5-10-18/h3-14,24H,1-2H3. The van der Waals surface area contributed by atoms with Gasteiger partial charge >= 0.3 is 0 Å². The number of aryl methyl sites for hydroxylation is 1. The first-order valence-corrected chi connectivity index (χ1v) is 11.6. The number of thiazole rings is 1. The Kier molecular flexibility index (Phi) is 5.62. The molecule has 7 nitrogen and oxygen atoms in total. The molecule has 0 bridgehead atoms. The van der Waals surface area contributed by atoms with E-state index in [4.69, 9.17) is 4.74 Å². The van der Waals surface area contributed by atoms with E-state index in [0.717, 1.165) is 16.0 Å². The van der Waals surface area contributed by atoms with Crippen molar-refractivity contribution in [3.63, 3.8) is 0 Å². The molecular formula is C22H19N3O4S2. The summed E-state index contributed by atoms with van der Waals surface area (Å²) in [5.41, 5.74) is 1.50. The molecule has 3 aromatic carbocycles. The third-order valence-electron chi connectivity index (χ3n) is 4.63. The molecule has 31 heavy (non-hydrogen) atoms. The van der Waals surface area contributed by atoms with Crippen molar-refractivity contribution < 1.29 is 17.9 Å². The summed E-state index contributed by atoms with van der Waals surface area (Å²) in [4.78, 5) is 17.7. The number of rotatable bonds is 5. The second kappa shape index (κ2) is 8.37. The van der Waals surface area contributed by atoms with E-state index < -0.39 is 15.9 Å². The molecule has 0 aliphatic carbocycles. The number of benzene rings is 3. The molecule has 0 saturated carbocycles. The summed E-state index contributed by atoms with van der Waals surface area (Å²) in [5, 5.41) is 0. The van der Waals surface area contributed by atoms with Gasteiger partial charge in [-0.15, -0.1) is 0 Å². The summed E-state index contributed by atoms with van der Waals surface area (Å²) in [6.45, 7) is 0. The number of carbonyl (C=O) groups excluding carboxylic acids is 1. The molecule has 1 heterocycles. The van der Waals surface area contributed by atoms with Crippen LogP contribution in [-0.2, 0) is 17.1 Å². The van der Waals surface area contributed by atoms with Gasteiger partial charge in [0.15, 0.2) is 4.80 Å². The zero-order valence-corrected chi connectivity index (χ0v) is 18.4. The first-order valence-electron chi connectivity index (χ1n) is 9.28. The van der Waals surface area contributed by atoms with E-state index in [1.165, 1.54) is 29.5 Å². The fourth-order valence-corrected chi connectivity index (χ4v) is 5.14. The second-order valence-electron chi connectivity index (χ2n) is 6.69. The number of sulfonamides is 1. The van der Waals surface area contributed by atoms with Crippen LogP contribution in [0.4, 0.5) is 5.69 Å². The summed E-state index contributed by atoms with van der Waals surface area (Å²) in [7, 11) is -0.316. The SMILES string of the molecule is COc1ccc2c(c1)sc(=NC(=O)c1cccc(NS(=O)(=O)c3ccccc3)c1)n2C. The smallest absolute Gasteiger partial charge is 0.279 e. The van der Waals surface area contributed by atoms with Crippen LogP contribution in [0.1, 0.15) is 10.4 Å². The number of nitrogens with zero attached hydrogens (tertiary/aromatic N) is 2. The van der Waals surface area contributed by atoms with Gasteiger partial charge in [-0.2, -0.15) is 4.99 Å². The third kappa shape index (κ3) is 4.37. The van der Waals surface area contributed by atoms with Crippen LogP contribution in [0.5, 0.6) is 5.75 Å². The first-order chi connectivity index (χ1) is 14.9. The predicted molar refractivity (Wildman–Crippen MR) is 121 cm³/mol. The Morgan fingerprint density at radius 3 is 2.55 bits per heavy atom. The zero-order valence-electron chi connectivity index (χ0n) is 16.8. The Hall–Kier alpha value is -3.43. The number of aromatic nitrogens is 1. The summed E-state index contributed by atoms with van der Waals surface area (Å²) in [6.07, 6.45) is 0. The Bertz CT molecular complexity index is 1440. The monoisotopic (exact) mass is 453 g/mol. The largest absolute Gasteiger partial charge is 0.497 e. The van der Waals surface area contributed by atoms with Crippen LogP contribution >= 0.6 is 11.3 Å². The lowest BCUT2D eigenvalue weighted by atomic mass is 10.2. The number of hydrogen-bond acceptors (Lipinski definition) is 5. The van der Waals surface area contributed by atoms with E-state index in [-0.39, 0.29) is 16.1 Å². The van der Waals surface area contributed by atoms with E-state index >= 15 is 0 Å². The van der Waals surface area contributed by atoms with Crippen molar-refractivity contribution >= 4 is 43.2 Å². The van der Waals surface area contributed by atoms with Crippen molar-refractivity contribution in [2.45, 2.75) is 4.90 Å². The van der Waals surface area contributed by atoms with E-state index in [2.05, 4.69) is 9.71 Å². The van der Waals surface area contributed by atoms with Gasteiger partial charge in [-0.25, -0.2) is 8.42 Å². The second-order valence-corrected chi connectivity index (χ2v) is 9.39. The average molecular weight is 454 g/mol. The number of amides is 1. The molecule has 4 rings (SSSR count). The van der Waals surface area contributed by atoms with Crippen LogP contribution in [0.3, 0.4) is 0 Å². The van der Waals surface area contributed by atoms with Crippen molar-refractivity contribution in [1.82, 2.24) is 4.57 Å². The van der Waals surface area contributed by atoms with E-state index in [9.17, 15) is 13.2 Å². The highest BCUT2D eigenvalue weighted by atomic mass is 32.2. The molecule has 0 spiro atoms. The third-order valence-corrected chi connectivity index (χ3v) is 7.12. The van der Waals surface area contributed by atoms with Crippen LogP contribution in [0.25, 0.3) is 10.2 Å². The van der Waals surface area contributed by atoms with Gasteiger partial charge in [0, 0.05) is 18.3 Å². The fourth-order valence-electron chi connectivity index (χ4n) is 3.03. The van der Waals surface area contributed by atoms with E-state index in [1.54, 1.807) is 43.5 Å². The topological polar surface area (TPSA) is 89.8 Å². The van der Waals surface area contributed by atoms with E-state index in [1.807, 2.05) is 29.8 Å². The minimum atomic E-state index is -3.75. The Balaban J connectivity index is 1.65. The quantitative estimate of drug-likeness (QED) is 0.498. The minimum absolute atomic E-state index is 0.143. The van der Waals surface area contributed by atoms with Gasteiger partial charge in [0.05, 0.1) is 22.2 Å². The number of hydrogen-bond donors (Lipinski definition) is 1.